The van der Waals surface area contributed by atoms with Crippen molar-refractivity contribution in [2.24, 2.45) is 5.92 Å². The molecule has 1 aliphatic rings. The minimum absolute atomic E-state index is 0.000588. The van der Waals surface area contributed by atoms with Gasteiger partial charge in [0.25, 0.3) is 0 Å². The monoisotopic (exact) mass is 616 g/mol. The number of likely N-dealkylation sites (tertiary alicyclic amines) is 1. The number of amides is 2. The van der Waals surface area contributed by atoms with Crippen molar-refractivity contribution in [1.82, 2.24) is 29.2 Å². The number of hydrogen-bond donors (Lipinski definition) is 1. The number of nitrogens with one attached hydrogen (secondary N) is 1. The second-order valence-electron chi connectivity index (χ2n) is 11.4. The van der Waals surface area contributed by atoms with Crippen LogP contribution in [-0.2, 0) is 0 Å². The first kappa shape index (κ1) is 30.0. The molecule has 232 valence electrons. The standard InChI is InChI=1S/C33H31F3N6O3/c1-3-21-17-40(32(45)39-19-33(34,35)36)18-25(21)27-15-37-28-16-38-30-26(42(27)28)12-13-41(30)31(44)20(2)23-10-7-11-24(14-23)29(43)22-8-5-4-6-9-22/h4-16,20-21,25H,3,17-19H2,1-2H3,(H,39,45)/t20?,21-,25+/m1/s1. The summed E-state index contributed by atoms with van der Waals surface area (Å²) in [5.41, 5.74) is 4.14. The summed E-state index contributed by atoms with van der Waals surface area (Å²) in [6.45, 7) is 2.92. The van der Waals surface area contributed by atoms with Gasteiger partial charge in [-0.25, -0.2) is 14.8 Å². The first-order chi connectivity index (χ1) is 21.6. The van der Waals surface area contributed by atoms with Crippen molar-refractivity contribution in [2.45, 2.75) is 38.3 Å². The molecule has 0 aliphatic carbocycles. The van der Waals surface area contributed by atoms with Crippen LogP contribution in [0.25, 0.3) is 16.8 Å². The molecule has 0 saturated carbocycles. The number of halogens is 3. The molecule has 5 aromatic rings. The number of benzene rings is 2. The third kappa shape index (κ3) is 5.79. The molecule has 0 bridgehead atoms. The van der Waals surface area contributed by atoms with Gasteiger partial charge < -0.3 is 10.2 Å². The molecular formula is C33H31F3N6O3. The summed E-state index contributed by atoms with van der Waals surface area (Å²) in [6, 6.07) is 17.0. The van der Waals surface area contributed by atoms with Crippen molar-refractivity contribution in [3.63, 3.8) is 0 Å². The van der Waals surface area contributed by atoms with Gasteiger partial charge in [0.1, 0.15) is 6.54 Å². The molecule has 0 radical (unpaired) electrons. The number of rotatable bonds is 7. The van der Waals surface area contributed by atoms with Gasteiger partial charge in [0.15, 0.2) is 17.1 Å². The van der Waals surface area contributed by atoms with Gasteiger partial charge in [0.2, 0.25) is 5.91 Å². The van der Waals surface area contributed by atoms with E-state index in [1.54, 1.807) is 74.0 Å². The van der Waals surface area contributed by atoms with E-state index < -0.39 is 24.7 Å². The lowest BCUT2D eigenvalue weighted by molar-refractivity contribution is -0.123. The molecular weight excluding hydrogens is 585 g/mol. The van der Waals surface area contributed by atoms with Crippen LogP contribution in [0.5, 0.6) is 0 Å². The Labute approximate surface area is 256 Å². The number of fused-ring (bicyclic) bond motifs is 3. The van der Waals surface area contributed by atoms with Crippen molar-refractivity contribution in [2.75, 3.05) is 19.6 Å². The lowest BCUT2D eigenvalue weighted by Gasteiger charge is -2.18. The van der Waals surface area contributed by atoms with Crippen molar-refractivity contribution >= 4 is 34.5 Å². The maximum absolute atomic E-state index is 13.8. The summed E-state index contributed by atoms with van der Waals surface area (Å²) in [4.78, 5) is 49.9. The second-order valence-corrected chi connectivity index (χ2v) is 11.4. The minimum atomic E-state index is -4.50. The third-order valence-corrected chi connectivity index (χ3v) is 8.56. The average Bonchev–Trinajstić information content (AvgIpc) is 3.79. The molecule has 3 aromatic heterocycles. The van der Waals surface area contributed by atoms with Crippen LogP contribution in [0, 0.1) is 5.92 Å². The van der Waals surface area contributed by atoms with Gasteiger partial charge in [-0.05, 0) is 30.5 Å². The molecule has 1 saturated heterocycles. The Hall–Kier alpha value is -5.00. The van der Waals surface area contributed by atoms with Crippen LogP contribution in [0.4, 0.5) is 18.0 Å². The van der Waals surface area contributed by atoms with E-state index >= 15 is 0 Å². The maximum Gasteiger partial charge on any atom is 0.405 e. The Kier molecular flexibility index (Phi) is 7.90. The van der Waals surface area contributed by atoms with Crippen LogP contribution < -0.4 is 5.32 Å². The number of alkyl halides is 3. The highest BCUT2D eigenvalue weighted by molar-refractivity contribution is 6.09. The topological polar surface area (TPSA) is 102 Å². The van der Waals surface area contributed by atoms with E-state index in [2.05, 4.69) is 9.97 Å². The zero-order chi connectivity index (χ0) is 31.9. The van der Waals surface area contributed by atoms with E-state index in [1.807, 2.05) is 28.8 Å². The Bertz CT molecular complexity index is 1900. The number of imidazole rings is 1. The van der Waals surface area contributed by atoms with Crippen molar-refractivity contribution in [1.29, 1.82) is 0 Å². The zero-order valence-electron chi connectivity index (χ0n) is 24.7. The van der Waals surface area contributed by atoms with E-state index in [-0.39, 0.29) is 30.1 Å². The average molecular weight is 617 g/mol. The fourth-order valence-corrected chi connectivity index (χ4v) is 6.14. The van der Waals surface area contributed by atoms with Crippen LogP contribution in [-0.4, -0.2) is 67.4 Å². The van der Waals surface area contributed by atoms with Crippen molar-refractivity contribution < 1.29 is 27.6 Å². The summed E-state index contributed by atoms with van der Waals surface area (Å²) >= 11 is 0. The minimum Gasteiger partial charge on any atom is -0.329 e. The number of nitrogens with zero attached hydrogens (tertiary/aromatic N) is 5. The first-order valence-electron chi connectivity index (χ1n) is 14.7. The number of carbonyl (C=O) groups excluding carboxylic acids is 3. The van der Waals surface area contributed by atoms with Crippen LogP contribution in [0.1, 0.15) is 64.1 Å². The van der Waals surface area contributed by atoms with E-state index in [4.69, 9.17) is 0 Å². The van der Waals surface area contributed by atoms with Gasteiger partial charge in [-0.3, -0.25) is 18.6 Å². The number of ketones is 1. The van der Waals surface area contributed by atoms with Crippen molar-refractivity contribution in [3.05, 3.63) is 102 Å². The Morgan fingerprint density at radius 1 is 0.978 bits per heavy atom. The molecule has 45 heavy (non-hydrogen) atoms. The number of hydrogen-bond acceptors (Lipinski definition) is 5. The second kappa shape index (κ2) is 11.8. The molecule has 1 aliphatic heterocycles. The van der Waals surface area contributed by atoms with Crippen LogP contribution >= 0.6 is 0 Å². The third-order valence-electron chi connectivity index (χ3n) is 8.56. The molecule has 0 spiro atoms. The number of carbonyl (C=O) groups is 3. The lowest BCUT2D eigenvalue weighted by Crippen LogP contribution is -2.42. The predicted molar refractivity (Wildman–Crippen MR) is 161 cm³/mol. The highest BCUT2D eigenvalue weighted by Gasteiger charge is 2.38. The molecule has 2 aromatic carbocycles. The van der Waals surface area contributed by atoms with Gasteiger partial charge in [0.05, 0.1) is 17.6 Å². The smallest absolute Gasteiger partial charge is 0.329 e. The maximum atomic E-state index is 13.8. The predicted octanol–water partition coefficient (Wildman–Crippen LogP) is 6.06. The Balaban J connectivity index is 1.28. The summed E-state index contributed by atoms with van der Waals surface area (Å²) in [6.07, 6.45) is 1.14. The molecule has 4 heterocycles. The fourth-order valence-electron chi connectivity index (χ4n) is 6.14. The fraction of sp³-hybridized carbons (Fsp3) is 0.303. The first-order valence-corrected chi connectivity index (χ1v) is 14.7. The molecule has 12 heteroatoms. The van der Waals surface area contributed by atoms with Gasteiger partial charge in [-0.2, -0.15) is 13.2 Å². The van der Waals surface area contributed by atoms with Crippen molar-refractivity contribution in [3.8, 4) is 0 Å². The van der Waals surface area contributed by atoms with E-state index in [0.29, 0.717) is 46.5 Å². The van der Waals surface area contributed by atoms with Crippen LogP contribution in [0.3, 0.4) is 0 Å². The SMILES string of the molecule is CC[C@@H]1CN(C(=O)NCC(F)(F)F)C[C@@H]1c1cnc2cnc3c(ccn3C(=O)C(C)c3cccc(C(=O)c4ccccc4)c3)n12. The summed E-state index contributed by atoms with van der Waals surface area (Å²) in [7, 11) is 0. The highest BCUT2D eigenvalue weighted by Crippen LogP contribution is 2.36. The summed E-state index contributed by atoms with van der Waals surface area (Å²) in [5, 5.41) is 1.97. The summed E-state index contributed by atoms with van der Waals surface area (Å²) in [5.74, 6) is -1.14. The van der Waals surface area contributed by atoms with E-state index in [0.717, 1.165) is 5.69 Å². The zero-order valence-corrected chi connectivity index (χ0v) is 24.7. The largest absolute Gasteiger partial charge is 0.405 e. The lowest BCUT2D eigenvalue weighted by atomic mass is 9.91. The molecule has 1 unspecified atom stereocenters. The van der Waals surface area contributed by atoms with Crippen LogP contribution in [0.15, 0.2) is 79.3 Å². The molecule has 9 nitrogen and oxygen atoms in total. The quantitative estimate of drug-likeness (QED) is 0.224. The number of aromatic nitrogens is 4. The molecule has 1 fully saturated rings. The highest BCUT2D eigenvalue weighted by atomic mass is 19.4. The molecule has 2 amide bonds. The van der Waals surface area contributed by atoms with Gasteiger partial charge in [-0.15, -0.1) is 0 Å². The Morgan fingerprint density at radius 3 is 2.47 bits per heavy atom. The molecule has 6 rings (SSSR count). The molecule has 3 atom stereocenters. The van der Waals surface area contributed by atoms with Gasteiger partial charge in [-0.1, -0.05) is 61.9 Å². The van der Waals surface area contributed by atoms with Gasteiger partial charge >= 0.3 is 12.2 Å². The van der Waals surface area contributed by atoms with E-state index in [1.165, 1.54) is 9.47 Å². The van der Waals surface area contributed by atoms with Gasteiger partial charge in [0, 0.05) is 48.2 Å². The summed E-state index contributed by atoms with van der Waals surface area (Å²) < 4.78 is 41.5. The van der Waals surface area contributed by atoms with Crippen LogP contribution in [0.2, 0.25) is 0 Å². The normalized spacial score (nSPS) is 17.6. The Morgan fingerprint density at radius 2 is 1.73 bits per heavy atom. The number of urea groups is 1. The molecule has 1 N–H and O–H groups in total. The van der Waals surface area contributed by atoms with E-state index in [9.17, 15) is 27.6 Å².